The van der Waals surface area contributed by atoms with Crippen molar-refractivity contribution in [1.29, 1.82) is 0 Å². The summed E-state index contributed by atoms with van der Waals surface area (Å²) in [5, 5.41) is 5.92. The van der Waals surface area contributed by atoms with Crippen molar-refractivity contribution in [1.82, 2.24) is 10.6 Å². The Balaban J connectivity index is 1.69. The van der Waals surface area contributed by atoms with Crippen molar-refractivity contribution in [3.05, 3.63) is 70.5 Å². The first kappa shape index (κ1) is 17.0. The number of halogens is 2. The molecule has 0 bridgehead atoms. The lowest BCUT2D eigenvalue weighted by molar-refractivity contribution is -0.120. The normalized spacial score (nSPS) is 10.2. The highest BCUT2D eigenvalue weighted by atomic mass is 35.5. The average molecular weight is 335 g/mol. The molecule has 2 rings (SSSR count). The highest BCUT2D eigenvalue weighted by molar-refractivity contribution is 6.30. The largest absolute Gasteiger partial charge is 0.354 e. The monoisotopic (exact) mass is 334 g/mol. The molecule has 0 atom stereocenters. The number of nitrogens with one attached hydrogen (secondary N) is 2. The molecule has 0 aliphatic heterocycles. The van der Waals surface area contributed by atoms with Crippen LogP contribution in [0.2, 0.25) is 5.02 Å². The zero-order valence-electron chi connectivity index (χ0n) is 12.3. The summed E-state index contributed by atoms with van der Waals surface area (Å²) in [6, 6.07) is 12.4. The van der Waals surface area contributed by atoms with Crippen molar-refractivity contribution >= 4 is 23.4 Å². The van der Waals surface area contributed by atoms with Crippen LogP contribution in [0.3, 0.4) is 0 Å². The van der Waals surface area contributed by atoms with Gasteiger partial charge < -0.3 is 10.6 Å². The van der Waals surface area contributed by atoms with Crippen LogP contribution < -0.4 is 10.6 Å². The molecule has 0 unspecified atom stereocenters. The lowest BCUT2D eigenvalue weighted by atomic mass is 10.1. The molecule has 0 radical (unpaired) electrons. The number of hydrogen-bond acceptors (Lipinski definition) is 2. The van der Waals surface area contributed by atoms with Gasteiger partial charge in [0.25, 0.3) is 5.91 Å². The second kappa shape index (κ2) is 8.29. The fourth-order valence-electron chi connectivity index (χ4n) is 1.98. The van der Waals surface area contributed by atoms with E-state index >= 15 is 0 Å². The van der Waals surface area contributed by atoms with Gasteiger partial charge in [0.2, 0.25) is 5.91 Å². The van der Waals surface area contributed by atoms with Crippen LogP contribution in [0.1, 0.15) is 15.9 Å². The summed E-state index contributed by atoms with van der Waals surface area (Å²) in [6.07, 6.45) is 0.100. The van der Waals surface area contributed by atoms with Crippen molar-refractivity contribution in [2.45, 2.75) is 6.42 Å². The van der Waals surface area contributed by atoms with Gasteiger partial charge in [-0.1, -0.05) is 23.7 Å². The molecule has 0 heterocycles. The topological polar surface area (TPSA) is 58.2 Å². The molecule has 0 aromatic heterocycles. The minimum Gasteiger partial charge on any atom is -0.354 e. The van der Waals surface area contributed by atoms with Crippen LogP contribution in [-0.2, 0) is 11.2 Å². The lowest BCUT2D eigenvalue weighted by Crippen LogP contribution is -2.35. The summed E-state index contributed by atoms with van der Waals surface area (Å²) < 4.78 is 13.0. The molecule has 120 valence electrons. The molecule has 0 saturated carbocycles. The van der Waals surface area contributed by atoms with E-state index in [9.17, 15) is 14.0 Å². The third-order valence-electron chi connectivity index (χ3n) is 3.09. The second-order valence-corrected chi connectivity index (χ2v) is 5.36. The molecule has 0 spiro atoms. The van der Waals surface area contributed by atoms with Gasteiger partial charge in [-0.05, 0) is 42.0 Å². The molecular weight excluding hydrogens is 319 g/mol. The van der Waals surface area contributed by atoms with E-state index in [0.717, 1.165) is 0 Å². The predicted molar refractivity (Wildman–Crippen MR) is 86.9 cm³/mol. The first-order chi connectivity index (χ1) is 11.0. The SMILES string of the molecule is O=C(Cc1cccc(F)c1)NCCNC(=O)c1ccc(Cl)cc1. The van der Waals surface area contributed by atoms with E-state index in [1.165, 1.54) is 12.1 Å². The fraction of sp³-hybridized carbons (Fsp3) is 0.176. The molecule has 0 aliphatic rings. The maximum atomic E-state index is 13.0. The molecule has 0 aliphatic carbocycles. The van der Waals surface area contributed by atoms with Crippen LogP contribution in [0.4, 0.5) is 4.39 Å². The van der Waals surface area contributed by atoms with Crippen molar-refractivity contribution in [2.75, 3.05) is 13.1 Å². The number of amides is 2. The Bertz CT molecular complexity index is 689. The van der Waals surface area contributed by atoms with E-state index in [4.69, 9.17) is 11.6 Å². The molecule has 0 saturated heterocycles. The Labute approximate surface area is 138 Å². The van der Waals surface area contributed by atoms with Crippen LogP contribution in [0.15, 0.2) is 48.5 Å². The number of carbonyl (C=O) groups is 2. The van der Waals surface area contributed by atoms with E-state index < -0.39 is 0 Å². The van der Waals surface area contributed by atoms with Gasteiger partial charge in [-0.15, -0.1) is 0 Å². The van der Waals surface area contributed by atoms with Crippen molar-refractivity contribution in [2.24, 2.45) is 0 Å². The Morgan fingerprint density at radius 2 is 1.70 bits per heavy atom. The van der Waals surface area contributed by atoms with E-state index in [2.05, 4.69) is 10.6 Å². The third-order valence-corrected chi connectivity index (χ3v) is 3.34. The van der Waals surface area contributed by atoms with Gasteiger partial charge in [0.15, 0.2) is 0 Å². The van der Waals surface area contributed by atoms with E-state index in [1.54, 1.807) is 36.4 Å². The minimum atomic E-state index is -0.370. The Morgan fingerprint density at radius 3 is 2.39 bits per heavy atom. The quantitative estimate of drug-likeness (QED) is 0.798. The third kappa shape index (κ3) is 5.71. The van der Waals surface area contributed by atoms with Crippen LogP contribution in [-0.4, -0.2) is 24.9 Å². The second-order valence-electron chi connectivity index (χ2n) is 4.92. The van der Waals surface area contributed by atoms with Crippen molar-refractivity contribution in [3.8, 4) is 0 Å². The maximum absolute atomic E-state index is 13.0. The molecule has 2 N–H and O–H groups in total. The van der Waals surface area contributed by atoms with Gasteiger partial charge in [-0.3, -0.25) is 9.59 Å². The first-order valence-corrected chi connectivity index (χ1v) is 7.47. The first-order valence-electron chi connectivity index (χ1n) is 7.09. The fourth-order valence-corrected chi connectivity index (χ4v) is 2.10. The molecule has 6 heteroatoms. The molecule has 2 amide bonds. The molecule has 23 heavy (non-hydrogen) atoms. The summed E-state index contributed by atoms with van der Waals surface area (Å²) in [4.78, 5) is 23.5. The maximum Gasteiger partial charge on any atom is 0.251 e. The van der Waals surface area contributed by atoms with Crippen LogP contribution in [0.25, 0.3) is 0 Å². The van der Waals surface area contributed by atoms with E-state index in [-0.39, 0.29) is 24.1 Å². The Hall–Kier alpha value is -2.40. The molecule has 4 nitrogen and oxygen atoms in total. The minimum absolute atomic E-state index is 0.100. The molecule has 2 aromatic carbocycles. The number of rotatable bonds is 6. The van der Waals surface area contributed by atoms with Gasteiger partial charge in [0.05, 0.1) is 6.42 Å². The molecule has 0 fully saturated rings. The summed E-state index contributed by atoms with van der Waals surface area (Å²) in [5.41, 5.74) is 1.10. The predicted octanol–water partition coefficient (Wildman–Crippen LogP) is 2.57. The zero-order valence-corrected chi connectivity index (χ0v) is 13.1. The summed E-state index contributed by atoms with van der Waals surface area (Å²) in [6.45, 7) is 0.601. The summed E-state index contributed by atoms with van der Waals surface area (Å²) in [7, 11) is 0. The standard InChI is InChI=1S/C17H16ClFN2O2/c18-14-6-4-13(5-7-14)17(23)21-9-8-20-16(22)11-12-2-1-3-15(19)10-12/h1-7,10H,8-9,11H2,(H,20,22)(H,21,23). The number of carbonyl (C=O) groups excluding carboxylic acids is 2. The number of hydrogen-bond donors (Lipinski definition) is 2. The zero-order chi connectivity index (χ0) is 16.7. The number of benzene rings is 2. The van der Waals surface area contributed by atoms with Crippen molar-refractivity contribution in [3.63, 3.8) is 0 Å². The Morgan fingerprint density at radius 1 is 1.00 bits per heavy atom. The highest BCUT2D eigenvalue weighted by Crippen LogP contribution is 2.09. The van der Waals surface area contributed by atoms with Crippen LogP contribution in [0.5, 0.6) is 0 Å². The Kier molecular flexibility index (Phi) is 6.11. The summed E-state index contributed by atoms with van der Waals surface area (Å²) >= 11 is 5.75. The van der Waals surface area contributed by atoms with Crippen LogP contribution in [0, 0.1) is 5.82 Å². The van der Waals surface area contributed by atoms with Gasteiger partial charge in [0.1, 0.15) is 5.82 Å². The van der Waals surface area contributed by atoms with E-state index in [1.807, 2.05) is 0 Å². The van der Waals surface area contributed by atoms with Gasteiger partial charge in [-0.2, -0.15) is 0 Å². The van der Waals surface area contributed by atoms with Gasteiger partial charge in [-0.25, -0.2) is 4.39 Å². The van der Waals surface area contributed by atoms with Gasteiger partial charge in [0, 0.05) is 23.7 Å². The smallest absolute Gasteiger partial charge is 0.251 e. The molecule has 2 aromatic rings. The summed E-state index contributed by atoms with van der Waals surface area (Å²) in [5.74, 6) is -0.831. The van der Waals surface area contributed by atoms with Gasteiger partial charge >= 0.3 is 0 Å². The van der Waals surface area contributed by atoms with Crippen LogP contribution >= 0.6 is 11.6 Å². The molecular formula is C17H16ClFN2O2. The van der Waals surface area contributed by atoms with Crippen molar-refractivity contribution < 1.29 is 14.0 Å². The average Bonchev–Trinajstić information content (AvgIpc) is 2.52. The highest BCUT2D eigenvalue weighted by Gasteiger charge is 2.06. The lowest BCUT2D eigenvalue weighted by Gasteiger charge is -2.07. The van der Waals surface area contributed by atoms with E-state index in [0.29, 0.717) is 29.2 Å².